The van der Waals surface area contributed by atoms with Gasteiger partial charge in [0.1, 0.15) is 0 Å². The average Bonchev–Trinajstić information content (AvgIpc) is 2.41. The maximum Gasteiger partial charge on any atom is 0.217 e. The SMILES string of the molecule is CC(=O)NC1CCCCc2ccccc21. The molecule has 1 N–H and O–H groups in total. The third-order valence-corrected chi connectivity index (χ3v) is 3.00. The van der Waals surface area contributed by atoms with Gasteiger partial charge in [0.2, 0.25) is 5.91 Å². The van der Waals surface area contributed by atoms with Crippen molar-refractivity contribution in [1.29, 1.82) is 0 Å². The quantitative estimate of drug-likeness (QED) is 0.698. The van der Waals surface area contributed by atoms with Crippen molar-refractivity contribution in [3.8, 4) is 0 Å². The Morgan fingerprint density at radius 2 is 2.13 bits per heavy atom. The van der Waals surface area contributed by atoms with Gasteiger partial charge in [-0.05, 0) is 30.4 Å². The molecule has 1 aromatic carbocycles. The summed E-state index contributed by atoms with van der Waals surface area (Å²) in [6, 6.07) is 8.67. The highest BCUT2D eigenvalue weighted by Gasteiger charge is 2.18. The van der Waals surface area contributed by atoms with E-state index < -0.39 is 0 Å². The largest absolute Gasteiger partial charge is 0.350 e. The van der Waals surface area contributed by atoms with Crippen LogP contribution in [0.25, 0.3) is 0 Å². The van der Waals surface area contributed by atoms with Crippen LogP contribution >= 0.6 is 0 Å². The molecule has 0 saturated carbocycles. The van der Waals surface area contributed by atoms with Crippen LogP contribution in [0.5, 0.6) is 0 Å². The second-order valence-corrected chi connectivity index (χ2v) is 4.20. The minimum atomic E-state index is 0.0664. The summed E-state index contributed by atoms with van der Waals surface area (Å²) in [6.07, 6.45) is 4.63. The van der Waals surface area contributed by atoms with Crippen molar-refractivity contribution in [2.75, 3.05) is 0 Å². The summed E-state index contributed by atoms with van der Waals surface area (Å²) in [5.74, 6) is 0.0664. The maximum atomic E-state index is 11.1. The Morgan fingerprint density at radius 1 is 1.33 bits per heavy atom. The van der Waals surface area contributed by atoms with Crippen molar-refractivity contribution in [3.05, 3.63) is 35.4 Å². The number of hydrogen-bond donors (Lipinski definition) is 1. The van der Waals surface area contributed by atoms with Crippen molar-refractivity contribution in [2.24, 2.45) is 0 Å². The molecule has 1 aliphatic carbocycles. The molecule has 1 aromatic rings. The standard InChI is InChI=1S/C13H17NO/c1-10(15)14-13-9-5-3-7-11-6-2-4-8-12(11)13/h2,4,6,8,13H,3,5,7,9H2,1H3,(H,14,15). The number of benzene rings is 1. The van der Waals surface area contributed by atoms with E-state index in [4.69, 9.17) is 0 Å². The van der Waals surface area contributed by atoms with Gasteiger partial charge in [0, 0.05) is 6.92 Å². The van der Waals surface area contributed by atoms with Crippen LogP contribution < -0.4 is 5.32 Å². The zero-order valence-corrected chi connectivity index (χ0v) is 9.12. The molecule has 0 heterocycles. The van der Waals surface area contributed by atoms with Gasteiger partial charge in [0.05, 0.1) is 6.04 Å². The lowest BCUT2D eigenvalue weighted by atomic mass is 9.99. The van der Waals surface area contributed by atoms with Crippen molar-refractivity contribution in [3.63, 3.8) is 0 Å². The lowest BCUT2D eigenvalue weighted by molar-refractivity contribution is -0.119. The van der Waals surface area contributed by atoms with Crippen LogP contribution in [0.15, 0.2) is 24.3 Å². The molecule has 1 amide bonds. The Labute approximate surface area is 90.7 Å². The summed E-state index contributed by atoms with van der Waals surface area (Å²) >= 11 is 0. The van der Waals surface area contributed by atoms with Gasteiger partial charge in [-0.15, -0.1) is 0 Å². The molecule has 0 aromatic heterocycles. The van der Waals surface area contributed by atoms with Crippen LogP contribution in [-0.2, 0) is 11.2 Å². The molecule has 0 bridgehead atoms. The number of nitrogens with one attached hydrogen (secondary N) is 1. The van der Waals surface area contributed by atoms with Gasteiger partial charge in [-0.1, -0.05) is 30.7 Å². The Kier molecular flexibility index (Phi) is 3.05. The molecule has 0 fully saturated rings. The second-order valence-electron chi connectivity index (χ2n) is 4.20. The molecule has 2 nitrogen and oxygen atoms in total. The van der Waals surface area contributed by atoms with E-state index in [0.717, 1.165) is 12.8 Å². The minimum absolute atomic E-state index is 0.0664. The summed E-state index contributed by atoms with van der Waals surface area (Å²) in [4.78, 5) is 11.1. The molecule has 1 atom stereocenters. The highest BCUT2D eigenvalue weighted by molar-refractivity contribution is 5.73. The molecule has 80 valence electrons. The average molecular weight is 203 g/mol. The first-order valence-electron chi connectivity index (χ1n) is 5.62. The molecular weight excluding hydrogens is 186 g/mol. The molecule has 0 aliphatic heterocycles. The van der Waals surface area contributed by atoms with Crippen LogP contribution in [-0.4, -0.2) is 5.91 Å². The number of rotatable bonds is 1. The van der Waals surface area contributed by atoms with Crippen LogP contribution in [0.3, 0.4) is 0 Å². The summed E-state index contributed by atoms with van der Waals surface area (Å²) in [5, 5.41) is 3.04. The van der Waals surface area contributed by atoms with Gasteiger partial charge in [-0.25, -0.2) is 0 Å². The van der Waals surface area contributed by atoms with Crippen LogP contribution in [0.4, 0.5) is 0 Å². The number of hydrogen-bond acceptors (Lipinski definition) is 1. The Hall–Kier alpha value is -1.31. The molecule has 0 saturated heterocycles. The lowest BCUT2D eigenvalue weighted by Gasteiger charge is -2.18. The summed E-state index contributed by atoms with van der Waals surface area (Å²) in [7, 11) is 0. The zero-order valence-electron chi connectivity index (χ0n) is 9.12. The smallest absolute Gasteiger partial charge is 0.217 e. The molecule has 2 rings (SSSR count). The Morgan fingerprint density at radius 3 is 2.93 bits per heavy atom. The first-order valence-corrected chi connectivity index (χ1v) is 5.62. The number of amides is 1. The van der Waals surface area contributed by atoms with Crippen molar-refractivity contribution in [2.45, 2.75) is 38.6 Å². The monoisotopic (exact) mass is 203 g/mol. The van der Waals surface area contributed by atoms with Gasteiger partial charge < -0.3 is 5.32 Å². The summed E-state index contributed by atoms with van der Waals surface area (Å²) in [6.45, 7) is 1.59. The number of fused-ring (bicyclic) bond motifs is 1. The van der Waals surface area contributed by atoms with E-state index in [2.05, 4.69) is 29.6 Å². The summed E-state index contributed by atoms with van der Waals surface area (Å²) in [5.41, 5.74) is 2.71. The van der Waals surface area contributed by atoms with Crippen LogP contribution in [0.1, 0.15) is 43.4 Å². The van der Waals surface area contributed by atoms with Crippen molar-refractivity contribution < 1.29 is 4.79 Å². The highest BCUT2D eigenvalue weighted by Crippen LogP contribution is 2.28. The van der Waals surface area contributed by atoms with Gasteiger partial charge in [0.15, 0.2) is 0 Å². The predicted molar refractivity (Wildman–Crippen MR) is 60.6 cm³/mol. The zero-order chi connectivity index (χ0) is 10.7. The number of carbonyl (C=O) groups excluding carboxylic acids is 1. The van der Waals surface area contributed by atoms with E-state index in [1.807, 2.05) is 0 Å². The lowest BCUT2D eigenvalue weighted by Crippen LogP contribution is -2.26. The summed E-state index contributed by atoms with van der Waals surface area (Å²) < 4.78 is 0. The van der Waals surface area contributed by atoms with E-state index >= 15 is 0 Å². The van der Waals surface area contributed by atoms with Gasteiger partial charge >= 0.3 is 0 Å². The van der Waals surface area contributed by atoms with E-state index in [1.54, 1.807) is 6.92 Å². The first-order chi connectivity index (χ1) is 7.27. The Balaban J connectivity index is 2.28. The first kappa shape index (κ1) is 10.2. The van der Waals surface area contributed by atoms with Crippen LogP contribution in [0.2, 0.25) is 0 Å². The predicted octanol–water partition coefficient (Wildman–Crippen LogP) is 2.59. The fourth-order valence-electron chi connectivity index (χ4n) is 2.32. The number of carbonyl (C=O) groups is 1. The molecular formula is C13H17NO. The van der Waals surface area contributed by atoms with Crippen molar-refractivity contribution in [1.82, 2.24) is 5.32 Å². The Bertz CT molecular complexity index is 359. The highest BCUT2D eigenvalue weighted by atomic mass is 16.1. The van der Waals surface area contributed by atoms with Gasteiger partial charge in [0.25, 0.3) is 0 Å². The maximum absolute atomic E-state index is 11.1. The topological polar surface area (TPSA) is 29.1 Å². The molecule has 0 radical (unpaired) electrons. The number of aryl methyl sites for hydroxylation is 1. The van der Waals surface area contributed by atoms with E-state index in [0.29, 0.717) is 0 Å². The minimum Gasteiger partial charge on any atom is -0.350 e. The third kappa shape index (κ3) is 2.38. The van der Waals surface area contributed by atoms with Crippen molar-refractivity contribution >= 4 is 5.91 Å². The normalized spacial score (nSPS) is 20.2. The van der Waals surface area contributed by atoms with Crippen LogP contribution in [0, 0.1) is 0 Å². The van der Waals surface area contributed by atoms with E-state index in [9.17, 15) is 4.79 Å². The van der Waals surface area contributed by atoms with Gasteiger partial charge in [-0.3, -0.25) is 4.79 Å². The van der Waals surface area contributed by atoms with Gasteiger partial charge in [-0.2, -0.15) is 0 Å². The third-order valence-electron chi connectivity index (χ3n) is 3.00. The molecule has 15 heavy (non-hydrogen) atoms. The van der Waals surface area contributed by atoms with E-state index in [-0.39, 0.29) is 11.9 Å². The molecule has 1 aliphatic rings. The fraction of sp³-hybridized carbons (Fsp3) is 0.462. The molecule has 1 unspecified atom stereocenters. The van der Waals surface area contributed by atoms with E-state index in [1.165, 1.54) is 24.0 Å². The fourth-order valence-corrected chi connectivity index (χ4v) is 2.32. The second kappa shape index (κ2) is 4.47. The molecule has 0 spiro atoms. The molecule has 2 heteroatoms.